The topological polar surface area (TPSA) is 77.5 Å². The molecule has 17 heavy (non-hydrogen) atoms. The van der Waals surface area contributed by atoms with Gasteiger partial charge in [0.1, 0.15) is 6.10 Å². The average molecular weight is 271 g/mol. The van der Waals surface area contributed by atoms with E-state index in [0.29, 0.717) is 6.54 Å². The highest BCUT2D eigenvalue weighted by Gasteiger charge is 2.23. The van der Waals surface area contributed by atoms with Gasteiger partial charge in [0.2, 0.25) is 0 Å². The lowest BCUT2D eigenvalue weighted by Crippen LogP contribution is -2.23. The van der Waals surface area contributed by atoms with Crippen LogP contribution in [-0.2, 0) is 23.1 Å². The summed E-state index contributed by atoms with van der Waals surface area (Å²) in [7, 11) is 2.66. The molecule has 0 saturated heterocycles. The second kappa shape index (κ2) is 8.99. The number of phosphoric acid groups is 1. The van der Waals surface area contributed by atoms with E-state index in [1.54, 1.807) is 0 Å². The van der Waals surface area contributed by atoms with Gasteiger partial charge in [0.05, 0.1) is 19.8 Å². The van der Waals surface area contributed by atoms with Gasteiger partial charge in [-0.25, -0.2) is 4.57 Å². The fourth-order valence-electron chi connectivity index (χ4n) is 0.923. The maximum atomic E-state index is 11.4. The van der Waals surface area contributed by atoms with Crippen LogP contribution in [0.5, 0.6) is 0 Å². The lowest BCUT2D eigenvalue weighted by Gasteiger charge is -2.18. The number of methoxy groups -OCH3 is 2. The minimum Gasteiger partial charge on any atom is -0.382 e. The quantitative estimate of drug-likeness (QED) is 0.574. The summed E-state index contributed by atoms with van der Waals surface area (Å²) in [6.45, 7) is 0.899. The molecule has 7 nitrogen and oxygen atoms in total. The van der Waals surface area contributed by atoms with Gasteiger partial charge in [-0.3, -0.25) is 9.05 Å². The molecule has 0 rings (SSSR count). The summed E-state index contributed by atoms with van der Waals surface area (Å²) in [4.78, 5) is 11.2. The van der Waals surface area contributed by atoms with Crippen LogP contribution < -0.4 is 0 Å². The number of ether oxygens (including phenoxy) is 2. The molecule has 0 aromatic rings. The van der Waals surface area contributed by atoms with Crippen LogP contribution in [0.1, 0.15) is 0 Å². The standard InChI is InChI=1S/C9H22NO6P/c1-10(2)5-6-15-17(11,12)16-8-9(14-4)7-13-3/h9H,5-8H2,1-4H3,(H,11,12). The number of rotatable bonds is 10. The van der Waals surface area contributed by atoms with Gasteiger partial charge in [-0.2, -0.15) is 0 Å². The Morgan fingerprint density at radius 2 is 1.88 bits per heavy atom. The van der Waals surface area contributed by atoms with E-state index in [1.807, 2.05) is 19.0 Å². The largest absolute Gasteiger partial charge is 0.472 e. The van der Waals surface area contributed by atoms with E-state index in [1.165, 1.54) is 14.2 Å². The molecule has 0 bridgehead atoms. The molecule has 104 valence electrons. The molecule has 0 saturated carbocycles. The summed E-state index contributed by atoms with van der Waals surface area (Å²) in [5.74, 6) is 0. The third kappa shape index (κ3) is 9.67. The Labute approximate surface area is 102 Å². The van der Waals surface area contributed by atoms with Crippen molar-refractivity contribution in [2.24, 2.45) is 0 Å². The number of hydrogen-bond acceptors (Lipinski definition) is 6. The van der Waals surface area contributed by atoms with Gasteiger partial charge in [-0.05, 0) is 14.1 Å². The Balaban J connectivity index is 3.86. The summed E-state index contributed by atoms with van der Waals surface area (Å²) >= 11 is 0. The Kier molecular flexibility index (Phi) is 8.99. The Bertz CT molecular complexity index is 238. The lowest BCUT2D eigenvalue weighted by molar-refractivity contribution is -0.00825. The van der Waals surface area contributed by atoms with Crippen LogP contribution in [-0.4, -0.2) is 70.6 Å². The third-order valence-corrected chi connectivity index (χ3v) is 2.89. The minimum atomic E-state index is -4.00. The minimum absolute atomic E-state index is 0.0555. The number of phosphoric ester groups is 1. The van der Waals surface area contributed by atoms with E-state index in [0.717, 1.165) is 0 Å². The summed E-state index contributed by atoms with van der Waals surface area (Å²) in [5.41, 5.74) is 0. The van der Waals surface area contributed by atoms with Crippen molar-refractivity contribution in [2.75, 3.05) is 54.7 Å². The van der Waals surface area contributed by atoms with E-state index in [4.69, 9.17) is 18.5 Å². The summed E-state index contributed by atoms with van der Waals surface area (Å²) < 4.78 is 30.8. The molecule has 0 radical (unpaired) electrons. The Hall–Kier alpha value is -0.0100. The van der Waals surface area contributed by atoms with Gasteiger partial charge in [0.15, 0.2) is 0 Å². The fraction of sp³-hybridized carbons (Fsp3) is 1.00. The van der Waals surface area contributed by atoms with Crippen molar-refractivity contribution in [1.29, 1.82) is 0 Å². The van der Waals surface area contributed by atoms with E-state index < -0.39 is 13.9 Å². The van der Waals surface area contributed by atoms with Crippen molar-refractivity contribution in [3.8, 4) is 0 Å². The van der Waals surface area contributed by atoms with Crippen LogP contribution >= 0.6 is 7.82 Å². The first-order chi connectivity index (χ1) is 7.91. The predicted octanol–water partition coefficient (Wildman–Crippen LogP) is 0.343. The molecule has 0 aromatic heterocycles. The third-order valence-electron chi connectivity index (χ3n) is 1.90. The first kappa shape index (κ1) is 17.0. The molecule has 0 aromatic carbocycles. The van der Waals surface area contributed by atoms with Gasteiger partial charge in [-0.15, -0.1) is 0 Å². The van der Waals surface area contributed by atoms with Crippen molar-refractivity contribution in [3.05, 3.63) is 0 Å². The molecule has 0 amide bonds. The molecule has 0 spiro atoms. The summed E-state index contributed by atoms with van der Waals surface area (Å²) in [6.07, 6.45) is -0.391. The molecular weight excluding hydrogens is 249 g/mol. The van der Waals surface area contributed by atoms with Gasteiger partial charge in [0.25, 0.3) is 0 Å². The zero-order valence-corrected chi connectivity index (χ0v) is 11.7. The molecule has 0 heterocycles. The SMILES string of the molecule is COCC(COP(=O)(O)OCCN(C)C)OC. The molecule has 0 aliphatic rings. The highest BCUT2D eigenvalue weighted by molar-refractivity contribution is 7.47. The predicted molar refractivity (Wildman–Crippen MR) is 63.0 cm³/mol. The summed E-state index contributed by atoms with van der Waals surface area (Å²) in [6, 6.07) is 0. The van der Waals surface area contributed by atoms with Crippen LogP contribution in [0.2, 0.25) is 0 Å². The van der Waals surface area contributed by atoms with E-state index in [2.05, 4.69) is 0 Å². The van der Waals surface area contributed by atoms with Crippen LogP contribution in [0.15, 0.2) is 0 Å². The van der Waals surface area contributed by atoms with Crippen LogP contribution in [0.3, 0.4) is 0 Å². The van der Waals surface area contributed by atoms with E-state index >= 15 is 0 Å². The lowest BCUT2D eigenvalue weighted by atomic mass is 10.4. The molecule has 0 fully saturated rings. The van der Waals surface area contributed by atoms with Crippen molar-refractivity contribution in [3.63, 3.8) is 0 Å². The summed E-state index contributed by atoms with van der Waals surface area (Å²) in [5, 5.41) is 0. The van der Waals surface area contributed by atoms with Crippen LogP contribution in [0.4, 0.5) is 0 Å². The van der Waals surface area contributed by atoms with Crippen LogP contribution in [0, 0.1) is 0 Å². The number of hydrogen-bond donors (Lipinski definition) is 1. The Morgan fingerprint density at radius 3 is 2.35 bits per heavy atom. The van der Waals surface area contributed by atoms with E-state index in [9.17, 15) is 9.46 Å². The first-order valence-corrected chi connectivity index (χ1v) is 6.69. The van der Waals surface area contributed by atoms with Gasteiger partial charge in [0, 0.05) is 20.8 Å². The maximum absolute atomic E-state index is 11.4. The van der Waals surface area contributed by atoms with Crippen molar-refractivity contribution in [2.45, 2.75) is 6.10 Å². The zero-order valence-electron chi connectivity index (χ0n) is 10.8. The molecule has 0 aliphatic carbocycles. The second-order valence-electron chi connectivity index (χ2n) is 3.71. The molecule has 0 aliphatic heterocycles. The maximum Gasteiger partial charge on any atom is 0.472 e. The number of likely N-dealkylation sites (N-methyl/N-ethyl adjacent to an activating group) is 1. The number of nitrogens with zero attached hydrogens (tertiary/aromatic N) is 1. The highest BCUT2D eigenvalue weighted by Crippen LogP contribution is 2.43. The van der Waals surface area contributed by atoms with Crippen molar-refractivity contribution < 1.29 is 28.0 Å². The smallest absolute Gasteiger partial charge is 0.382 e. The molecule has 2 atom stereocenters. The monoisotopic (exact) mass is 271 g/mol. The molecular formula is C9H22NO6P. The molecule has 1 N–H and O–H groups in total. The van der Waals surface area contributed by atoms with E-state index in [-0.39, 0.29) is 19.8 Å². The molecule has 2 unspecified atom stereocenters. The Morgan fingerprint density at radius 1 is 1.24 bits per heavy atom. The normalized spacial score (nSPS) is 17.1. The van der Waals surface area contributed by atoms with Gasteiger partial charge in [-0.1, -0.05) is 0 Å². The second-order valence-corrected chi connectivity index (χ2v) is 5.17. The van der Waals surface area contributed by atoms with Gasteiger partial charge >= 0.3 is 7.82 Å². The van der Waals surface area contributed by atoms with Gasteiger partial charge < -0.3 is 19.3 Å². The highest BCUT2D eigenvalue weighted by atomic mass is 31.2. The van der Waals surface area contributed by atoms with Crippen molar-refractivity contribution in [1.82, 2.24) is 4.90 Å². The average Bonchev–Trinajstić information content (AvgIpc) is 2.23. The van der Waals surface area contributed by atoms with Crippen molar-refractivity contribution >= 4 is 7.82 Å². The zero-order chi connectivity index (χ0) is 13.3. The first-order valence-electron chi connectivity index (χ1n) is 5.19. The molecule has 8 heteroatoms. The fourth-order valence-corrected chi connectivity index (χ4v) is 1.66. The van der Waals surface area contributed by atoms with Crippen LogP contribution in [0.25, 0.3) is 0 Å².